The fourth-order valence-corrected chi connectivity index (χ4v) is 4.71. The molecule has 28 heavy (non-hydrogen) atoms. The number of amides is 1. The molecule has 0 aromatic heterocycles. The van der Waals surface area contributed by atoms with Gasteiger partial charge in [-0.25, -0.2) is 0 Å². The molecule has 2 aliphatic rings. The Balaban J connectivity index is 0.00000225. The second-order valence-corrected chi connectivity index (χ2v) is 8.12. The van der Waals surface area contributed by atoms with Crippen molar-refractivity contribution in [2.75, 3.05) is 26.7 Å². The van der Waals surface area contributed by atoms with Crippen molar-refractivity contribution in [1.82, 2.24) is 9.80 Å². The van der Waals surface area contributed by atoms with E-state index >= 15 is 0 Å². The van der Waals surface area contributed by atoms with Crippen LogP contribution in [-0.2, 0) is 0 Å². The zero-order valence-corrected chi connectivity index (χ0v) is 17.6. The van der Waals surface area contributed by atoms with Crippen LogP contribution in [0.15, 0.2) is 54.6 Å². The minimum Gasteiger partial charge on any atom is -0.491 e. The Morgan fingerprint density at radius 2 is 1.68 bits per heavy atom. The Bertz CT molecular complexity index is 794. The molecule has 0 N–H and O–H groups in total. The number of ether oxygens (including phenoxy) is 1. The second-order valence-electron chi connectivity index (χ2n) is 8.12. The van der Waals surface area contributed by atoms with Gasteiger partial charge in [-0.15, -0.1) is 12.4 Å². The smallest absolute Gasteiger partial charge is 0.253 e. The Hall–Kier alpha value is -2.04. The topological polar surface area (TPSA) is 32.8 Å². The molecule has 2 aliphatic heterocycles. The molecule has 0 spiro atoms. The highest BCUT2D eigenvalue weighted by atomic mass is 35.5. The van der Waals surface area contributed by atoms with E-state index in [-0.39, 0.29) is 24.4 Å². The average molecular weight is 401 g/mol. The Kier molecular flexibility index (Phi) is 6.31. The van der Waals surface area contributed by atoms with Gasteiger partial charge in [-0.1, -0.05) is 30.3 Å². The maximum atomic E-state index is 13.0. The van der Waals surface area contributed by atoms with Gasteiger partial charge in [0.1, 0.15) is 5.75 Å². The SMILES string of the molecule is CC(C)Oc1ccc(C(=O)N2C[C@@H]3CN(C)[C@@H](c4ccccc4)[C@@H]3C2)cc1.Cl. The lowest BCUT2D eigenvalue weighted by molar-refractivity contribution is 0.0768. The summed E-state index contributed by atoms with van der Waals surface area (Å²) in [4.78, 5) is 17.5. The molecule has 2 saturated heterocycles. The van der Waals surface area contributed by atoms with Crippen molar-refractivity contribution in [3.05, 3.63) is 65.7 Å². The highest BCUT2D eigenvalue weighted by Gasteiger charge is 2.47. The average Bonchev–Trinajstić information content (AvgIpc) is 3.18. The van der Waals surface area contributed by atoms with Gasteiger partial charge < -0.3 is 9.64 Å². The van der Waals surface area contributed by atoms with E-state index in [0.717, 1.165) is 30.9 Å². The number of fused-ring (bicyclic) bond motifs is 1. The van der Waals surface area contributed by atoms with Crippen molar-refractivity contribution in [2.45, 2.75) is 26.0 Å². The van der Waals surface area contributed by atoms with Crippen LogP contribution in [-0.4, -0.2) is 48.5 Å². The lowest BCUT2D eigenvalue weighted by Crippen LogP contribution is -2.33. The fourth-order valence-electron chi connectivity index (χ4n) is 4.71. The summed E-state index contributed by atoms with van der Waals surface area (Å²) in [5.74, 6) is 2.00. The second kappa shape index (κ2) is 8.54. The molecule has 2 heterocycles. The monoisotopic (exact) mass is 400 g/mol. The molecule has 4 rings (SSSR count). The number of nitrogens with zero attached hydrogens (tertiary/aromatic N) is 2. The first-order valence-electron chi connectivity index (χ1n) is 9.84. The van der Waals surface area contributed by atoms with Crippen molar-refractivity contribution < 1.29 is 9.53 Å². The molecule has 2 aromatic rings. The van der Waals surface area contributed by atoms with E-state index in [4.69, 9.17) is 4.74 Å². The van der Waals surface area contributed by atoms with Gasteiger partial charge in [0.25, 0.3) is 5.91 Å². The fraction of sp³-hybridized carbons (Fsp3) is 0.435. The van der Waals surface area contributed by atoms with Crippen molar-refractivity contribution in [1.29, 1.82) is 0 Å². The van der Waals surface area contributed by atoms with Crippen LogP contribution in [0.25, 0.3) is 0 Å². The number of rotatable bonds is 4. The predicted octanol–water partition coefficient (Wildman–Crippen LogP) is 4.27. The molecule has 3 atom stereocenters. The summed E-state index contributed by atoms with van der Waals surface area (Å²) < 4.78 is 5.68. The summed E-state index contributed by atoms with van der Waals surface area (Å²) in [7, 11) is 2.20. The molecule has 1 amide bonds. The van der Waals surface area contributed by atoms with Gasteiger partial charge in [-0.05, 0) is 56.6 Å². The quantitative estimate of drug-likeness (QED) is 0.768. The normalized spacial score (nSPS) is 24.1. The molecule has 0 bridgehead atoms. The van der Waals surface area contributed by atoms with Crippen molar-refractivity contribution >= 4 is 18.3 Å². The van der Waals surface area contributed by atoms with Crippen LogP contribution < -0.4 is 4.74 Å². The molecular weight excluding hydrogens is 372 g/mol. The summed E-state index contributed by atoms with van der Waals surface area (Å²) >= 11 is 0. The summed E-state index contributed by atoms with van der Waals surface area (Å²) in [6, 6.07) is 18.6. The summed E-state index contributed by atoms with van der Waals surface area (Å²) in [6.07, 6.45) is 0.136. The lowest BCUT2D eigenvalue weighted by Gasteiger charge is -2.27. The van der Waals surface area contributed by atoms with Gasteiger partial charge in [0.15, 0.2) is 0 Å². The molecule has 0 aliphatic carbocycles. The van der Waals surface area contributed by atoms with Crippen molar-refractivity contribution in [3.63, 3.8) is 0 Å². The van der Waals surface area contributed by atoms with Gasteiger partial charge in [-0.2, -0.15) is 0 Å². The number of hydrogen-bond acceptors (Lipinski definition) is 3. The Labute approximate surface area is 173 Å². The standard InChI is InChI=1S/C23H28N2O2.ClH/c1-16(2)27-20-11-9-18(10-12-20)23(26)25-14-19-13-24(3)22(21(19)15-25)17-7-5-4-6-8-17;/h4-12,16,19,21-22H,13-15H2,1-3H3;1H/t19-,21+,22-;/m0./s1. The third-order valence-electron chi connectivity index (χ3n) is 5.80. The number of likely N-dealkylation sites (tertiary alicyclic amines) is 2. The largest absolute Gasteiger partial charge is 0.491 e. The molecule has 2 fully saturated rings. The van der Waals surface area contributed by atoms with E-state index < -0.39 is 0 Å². The summed E-state index contributed by atoms with van der Waals surface area (Å²) in [5, 5.41) is 0. The van der Waals surface area contributed by atoms with Crippen LogP contribution in [0.5, 0.6) is 5.75 Å². The molecule has 150 valence electrons. The van der Waals surface area contributed by atoms with E-state index in [2.05, 4.69) is 42.3 Å². The van der Waals surface area contributed by atoms with E-state index in [0.29, 0.717) is 17.9 Å². The van der Waals surface area contributed by atoms with Crippen molar-refractivity contribution in [3.8, 4) is 5.75 Å². The highest BCUT2D eigenvalue weighted by molar-refractivity contribution is 5.94. The number of benzene rings is 2. The third kappa shape index (κ3) is 4.03. The molecule has 5 heteroatoms. The minimum absolute atomic E-state index is 0. The van der Waals surface area contributed by atoms with Crippen LogP contribution in [0.1, 0.15) is 35.8 Å². The van der Waals surface area contributed by atoms with Gasteiger partial charge >= 0.3 is 0 Å². The van der Waals surface area contributed by atoms with Crippen LogP contribution in [0.2, 0.25) is 0 Å². The zero-order valence-electron chi connectivity index (χ0n) is 16.7. The third-order valence-corrected chi connectivity index (χ3v) is 5.80. The molecule has 0 unspecified atom stereocenters. The van der Waals surface area contributed by atoms with Crippen LogP contribution in [0.3, 0.4) is 0 Å². The highest BCUT2D eigenvalue weighted by Crippen LogP contribution is 2.44. The van der Waals surface area contributed by atoms with E-state index in [1.807, 2.05) is 43.0 Å². The maximum Gasteiger partial charge on any atom is 0.253 e. The number of carbonyl (C=O) groups excluding carboxylic acids is 1. The summed E-state index contributed by atoms with van der Waals surface area (Å²) in [6.45, 7) is 6.73. The molecule has 0 radical (unpaired) electrons. The molecule has 0 saturated carbocycles. The first-order chi connectivity index (χ1) is 13.0. The number of halogens is 1. The maximum absolute atomic E-state index is 13.0. The van der Waals surface area contributed by atoms with E-state index in [1.54, 1.807) is 0 Å². The van der Waals surface area contributed by atoms with Crippen LogP contribution in [0, 0.1) is 11.8 Å². The van der Waals surface area contributed by atoms with E-state index in [9.17, 15) is 4.79 Å². The van der Waals surface area contributed by atoms with Gasteiger partial charge in [0.2, 0.25) is 0 Å². The number of hydrogen-bond donors (Lipinski definition) is 0. The number of carbonyl (C=O) groups is 1. The van der Waals surface area contributed by atoms with Crippen molar-refractivity contribution in [2.24, 2.45) is 11.8 Å². The Morgan fingerprint density at radius 1 is 1.00 bits per heavy atom. The lowest BCUT2D eigenvalue weighted by atomic mass is 9.90. The minimum atomic E-state index is 0. The van der Waals surface area contributed by atoms with Gasteiger partial charge in [-0.3, -0.25) is 9.69 Å². The Morgan fingerprint density at radius 3 is 2.32 bits per heavy atom. The first-order valence-corrected chi connectivity index (χ1v) is 9.84. The van der Waals surface area contributed by atoms with Crippen LogP contribution in [0.4, 0.5) is 0 Å². The zero-order chi connectivity index (χ0) is 19.0. The first kappa shape index (κ1) is 20.7. The predicted molar refractivity (Wildman–Crippen MR) is 114 cm³/mol. The van der Waals surface area contributed by atoms with E-state index in [1.165, 1.54) is 5.56 Å². The molecular formula is C23H29ClN2O2. The van der Waals surface area contributed by atoms with Crippen LogP contribution >= 0.6 is 12.4 Å². The summed E-state index contributed by atoms with van der Waals surface area (Å²) in [5.41, 5.74) is 2.10. The molecule has 4 nitrogen and oxygen atoms in total. The molecule has 2 aromatic carbocycles. The van der Waals surface area contributed by atoms with Gasteiger partial charge in [0, 0.05) is 37.2 Å². The van der Waals surface area contributed by atoms with Gasteiger partial charge in [0.05, 0.1) is 6.10 Å².